The van der Waals surface area contributed by atoms with Crippen LogP contribution in [-0.4, -0.2) is 27.0 Å². The maximum atomic E-state index is 6.29. The first-order valence-corrected chi connectivity index (χ1v) is 11.5. The molecule has 0 atom stereocenters. The van der Waals surface area contributed by atoms with E-state index in [1.54, 1.807) is 14.2 Å². The van der Waals surface area contributed by atoms with Crippen molar-refractivity contribution in [3.63, 3.8) is 0 Å². The molecule has 0 saturated heterocycles. The zero-order valence-electron chi connectivity index (χ0n) is 14.1. The third-order valence-corrected chi connectivity index (χ3v) is 9.67. The van der Waals surface area contributed by atoms with Crippen LogP contribution in [0.2, 0.25) is 18.1 Å². The Bertz CT molecular complexity index is 439. The molecular formula is C16H27IO3Si. The van der Waals surface area contributed by atoms with Crippen molar-refractivity contribution in [2.75, 3.05) is 18.6 Å². The van der Waals surface area contributed by atoms with Gasteiger partial charge in [-0.1, -0.05) is 43.4 Å². The van der Waals surface area contributed by atoms with Gasteiger partial charge in [-0.05, 0) is 42.4 Å². The molecule has 0 amide bonds. The third-order valence-electron chi connectivity index (χ3n) is 4.31. The van der Waals surface area contributed by atoms with E-state index in [1.165, 1.54) is 0 Å². The van der Waals surface area contributed by atoms with Gasteiger partial charge in [0.15, 0.2) is 0 Å². The first-order valence-electron chi connectivity index (χ1n) is 7.08. The molecule has 0 spiro atoms. The van der Waals surface area contributed by atoms with Gasteiger partial charge >= 0.3 is 0 Å². The third kappa shape index (κ3) is 4.21. The van der Waals surface area contributed by atoms with Crippen molar-refractivity contribution in [3.05, 3.63) is 29.8 Å². The van der Waals surface area contributed by atoms with Crippen LogP contribution in [0.3, 0.4) is 0 Å². The average Bonchev–Trinajstić information content (AvgIpc) is 2.41. The maximum Gasteiger partial charge on any atom is 0.250 e. The van der Waals surface area contributed by atoms with Crippen LogP contribution in [0.4, 0.5) is 0 Å². The lowest BCUT2D eigenvalue weighted by atomic mass is 10.1. The highest BCUT2D eigenvalue weighted by Gasteiger charge is 2.39. The summed E-state index contributed by atoms with van der Waals surface area (Å²) in [5.74, 6) is 0.232. The zero-order chi connectivity index (χ0) is 16.3. The molecule has 0 aliphatic rings. The molecular weight excluding hydrogens is 395 g/mol. The van der Waals surface area contributed by atoms with Crippen molar-refractivity contribution in [1.82, 2.24) is 0 Å². The summed E-state index contributed by atoms with van der Waals surface area (Å²) in [6.45, 7) is 11.2. The van der Waals surface area contributed by atoms with Crippen molar-refractivity contribution < 1.29 is 13.9 Å². The van der Waals surface area contributed by atoms with Crippen LogP contribution in [0.25, 0.3) is 0 Å². The van der Waals surface area contributed by atoms with E-state index >= 15 is 0 Å². The number of rotatable bonds is 6. The fraction of sp³-hybridized carbons (Fsp3) is 0.625. The number of benzene rings is 1. The van der Waals surface area contributed by atoms with Gasteiger partial charge in [0.2, 0.25) is 14.1 Å². The second-order valence-electron chi connectivity index (χ2n) is 6.68. The molecule has 1 aromatic carbocycles. The van der Waals surface area contributed by atoms with Crippen molar-refractivity contribution in [2.45, 2.75) is 44.7 Å². The molecule has 0 N–H and O–H groups in total. The second kappa shape index (κ2) is 6.98. The minimum absolute atomic E-state index is 0.191. The van der Waals surface area contributed by atoms with Crippen LogP contribution in [0.5, 0.6) is 5.75 Å². The Hall–Kier alpha value is -0.113. The molecule has 0 heterocycles. The highest BCUT2D eigenvalue weighted by Crippen LogP contribution is 2.38. The van der Waals surface area contributed by atoms with Crippen molar-refractivity contribution >= 4 is 30.9 Å². The lowest BCUT2D eigenvalue weighted by Gasteiger charge is -2.36. The largest absolute Gasteiger partial charge is 0.544 e. The number of halogens is 1. The summed E-state index contributed by atoms with van der Waals surface area (Å²) in [5.41, 5.74) is 1.00. The molecule has 0 saturated carbocycles. The molecule has 1 rings (SSSR count). The Kier molecular flexibility index (Phi) is 6.29. The van der Waals surface area contributed by atoms with Gasteiger partial charge in [-0.25, -0.2) is 0 Å². The van der Waals surface area contributed by atoms with Gasteiger partial charge in [0.05, 0.1) is 4.43 Å². The number of ether oxygens (including phenoxy) is 2. The van der Waals surface area contributed by atoms with Gasteiger partial charge in [-0.3, -0.25) is 0 Å². The van der Waals surface area contributed by atoms with E-state index in [-0.39, 0.29) is 5.04 Å². The predicted octanol–water partition coefficient (Wildman–Crippen LogP) is 4.95. The van der Waals surface area contributed by atoms with Crippen LogP contribution in [0.15, 0.2) is 24.3 Å². The van der Waals surface area contributed by atoms with E-state index in [0.717, 1.165) is 15.7 Å². The summed E-state index contributed by atoms with van der Waals surface area (Å²) in [5, 5.41) is 0.191. The van der Waals surface area contributed by atoms with Crippen LogP contribution >= 0.6 is 22.6 Å². The van der Waals surface area contributed by atoms with Crippen LogP contribution in [0.1, 0.15) is 26.3 Å². The molecule has 5 heteroatoms. The number of hydrogen-bond donors (Lipinski definition) is 0. The molecule has 0 unspecified atom stereocenters. The summed E-state index contributed by atoms with van der Waals surface area (Å²) in [6.07, 6.45) is 0. The summed E-state index contributed by atoms with van der Waals surface area (Å²) in [7, 11) is 1.54. The van der Waals surface area contributed by atoms with Gasteiger partial charge in [-0.15, -0.1) is 0 Å². The fourth-order valence-corrected chi connectivity index (χ4v) is 3.82. The quantitative estimate of drug-likeness (QED) is 0.281. The maximum absolute atomic E-state index is 6.29. The van der Waals surface area contributed by atoms with Crippen LogP contribution in [0, 0.1) is 0 Å². The standard InChI is InChI=1S/C16H27IO3Si/c1-15(2,3)21(6,7)20-14-10-8-13(9-11-14)16(12-17,18-4)19-5/h8-11H,12H2,1-7H3. The van der Waals surface area contributed by atoms with Crippen LogP contribution < -0.4 is 4.43 Å². The number of hydrogen-bond acceptors (Lipinski definition) is 3. The minimum Gasteiger partial charge on any atom is -0.544 e. The van der Waals surface area contributed by atoms with Gasteiger partial charge < -0.3 is 13.9 Å². The van der Waals surface area contributed by atoms with Gasteiger partial charge in [0.25, 0.3) is 0 Å². The molecule has 3 nitrogen and oxygen atoms in total. The van der Waals surface area contributed by atoms with E-state index in [2.05, 4.69) is 56.5 Å². The monoisotopic (exact) mass is 422 g/mol. The molecule has 0 aliphatic carbocycles. The number of methoxy groups -OCH3 is 2. The fourth-order valence-electron chi connectivity index (χ4n) is 1.73. The summed E-state index contributed by atoms with van der Waals surface area (Å²) >= 11 is 2.27. The molecule has 0 bridgehead atoms. The van der Waals surface area contributed by atoms with Gasteiger partial charge in [0.1, 0.15) is 5.75 Å². The Balaban J connectivity index is 2.98. The highest BCUT2D eigenvalue weighted by atomic mass is 127. The minimum atomic E-state index is -1.80. The molecule has 1 aromatic rings. The van der Waals surface area contributed by atoms with E-state index in [4.69, 9.17) is 13.9 Å². The molecule has 0 radical (unpaired) electrons. The van der Waals surface area contributed by atoms with Gasteiger partial charge in [0, 0.05) is 19.8 Å². The van der Waals surface area contributed by atoms with Crippen molar-refractivity contribution in [2.24, 2.45) is 0 Å². The molecule has 120 valence electrons. The number of alkyl halides is 1. The lowest BCUT2D eigenvalue weighted by molar-refractivity contribution is -0.195. The second-order valence-corrected chi connectivity index (χ2v) is 12.2. The Morgan fingerprint density at radius 2 is 1.48 bits per heavy atom. The SMILES string of the molecule is COC(CI)(OC)c1ccc(O[Si](C)(C)C(C)(C)C)cc1. The summed E-state index contributed by atoms with van der Waals surface area (Å²) < 4.78 is 18.1. The predicted molar refractivity (Wildman–Crippen MR) is 98.9 cm³/mol. The first-order chi connectivity index (χ1) is 9.62. The van der Waals surface area contributed by atoms with E-state index in [9.17, 15) is 0 Å². The van der Waals surface area contributed by atoms with Crippen molar-refractivity contribution in [1.29, 1.82) is 0 Å². The zero-order valence-corrected chi connectivity index (χ0v) is 17.3. The highest BCUT2D eigenvalue weighted by molar-refractivity contribution is 14.1. The molecule has 21 heavy (non-hydrogen) atoms. The topological polar surface area (TPSA) is 27.7 Å². The molecule has 0 aliphatic heterocycles. The summed E-state index contributed by atoms with van der Waals surface area (Å²) in [6, 6.07) is 8.06. The first kappa shape index (κ1) is 18.9. The van der Waals surface area contributed by atoms with Crippen molar-refractivity contribution in [3.8, 4) is 5.75 Å². The van der Waals surface area contributed by atoms with E-state index < -0.39 is 14.1 Å². The van der Waals surface area contributed by atoms with E-state index in [0.29, 0.717) is 0 Å². The lowest BCUT2D eigenvalue weighted by Crippen LogP contribution is -2.43. The van der Waals surface area contributed by atoms with Gasteiger partial charge in [-0.2, -0.15) is 0 Å². The molecule has 0 fully saturated rings. The normalized spacial score (nSPS) is 13.3. The Labute approximate surface area is 143 Å². The Morgan fingerprint density at radius 3 is 1.81 bits per heavy atom. The molecule has 0 aromatic heterocycles. The van der Waals surface area contributed by atoms with Crippen LogP contribution in [-0.2, 0) is 15.3 Å². The Morgan fingerprint density at radius 1 is 1.00 bits per heavy atom. The summed E-state index contributed by atoms with van der Waals surface area (Å²) in [4.78, 5) is 0. The average molecular weight is 422 g/mol. The smallest absolute Gasteiger partial charge is 0.250 e. The van der Waals surface area contributed by atoms with E-state index in [1.807, 2.05) is 24.3 Å².